The van der Waals surface area contributed by atoms with E-state index in [2.05, 4.69) is 30.3 Å². The topological polar surface area (TPSA) is 101 Å². The second-order valence-electron chi connectivity index (χ2n) is 6.74. The van der Waals surface area contributed by atoms with Gasteiger partial charge in [0.25, 0.3) is 0 Å². The lowest BCUT2D eigenvalue weighted by atomic mass is 10.0. The van der Waals surface area contributed by atoms with Gasteiger partial charge in [-0.15, -0.1) is 0 Å². The number of urea groups is 1. The molecule has 9 heteroatoms. The summed E-state index contributed by atoms with van der Waals surface area (Å²) in [5.41, 5.74) is 0. The second-order valence-corrected chi connectivity index (χ2v) is 6.74. The number of likely N-dealkylation sites (tertiary alicyclic amines) is 1. The molecule has 3 heterocycles. The van der Waals surface area contributed by atoms with Crippen LogP contribution >= 0.6 is 0 Å². The first-order chi connectivity index (χ1) is 12.3. The van der Waals surface area contributed by atoms with E-state index < -0.39 is 0 Å². The SMILES string of the molecule is O=C(NCCCN1CCCC[C@@H]1CO)N1CCN(c2ncn[nH]2)CC1. The minimum atomic E-state index is 0.00886. The molecular formula is C16H29N7O2. The standard InChI is InChI=1S/C16H29N7O2/c24-12-14-4-1-2-6-21(14)7-3-5-17-16(25)23-10-8-22(9-11-23)15-18-13-19-20-15/h13-14,24H,1-12H2,(H,17,25)(H,18,19,20)/t14-/m1/s1. The smallest absolute Gasteiger partial charge is 0.317 e. The number of piperazine rings is 1. The molecule has 0 aliphatic carbocycles. The fourth-order valence-electron chi connectivity index (χ4n) is 3.62. The number of H-pyrrole nitrogens is 1. The summed E-state index contributed by atoms with van der Waals surface area (Å²) in [6, 6.07) is 0.309. The molecule has 9 nitrogen and oxygen atoms in total. The number of nitrogens with one attached hydrogen (secondary N) is 2. The van der Waals surface area contributed by atoms with Crippen LogP contribution in [0.15, 0.2) is 6.33 Å². The van der Waals surface area contributed by atoms with Crippen LogP contribution in [-0.4, -0.2) is 94.6 Å². The number of aliphatic hydroxyl groups is 1. The molecule has 0 aromatic carbocycles. The van der Waals surface area contributed by atoms with Gasteiger partial charge < -0.3 is 20.2 Å². The average molecular weight is 351 g/mol. The van der Waals surface area contributed by atoms with Gasteiger partial charge in [-0.1, -0.05) is 6.42 Å². The highest BCUT2D eigenvalue weighted by atomic mass is 16.3. The normalized spacial score (nSPS) is 22.2. The Morgan fingerprint density at radius 3 is 2.84 bits per heavy atom. The highest BCUT2D eigenvalue weighted by molar-refractivity contribution is 5.74. The van der Waals surface area contributed by atoms with Gasteiger partial charge in [-0.25, -0.2) is 9.89 Å². The number of rotatable bonds is 6. The number of amides is 2. The Morgan fingerprint density at radius 1 is 1.28 bits per heavy atom. The number of anilines is 1. The fourth-order valence-corrected chi connectivity index (χ4v) is 3.62. The predicted molar refractivity (Wildman–Crippen MR) is 94.5 cm³/mol. The second kappa shape index (κ2) is 9.00. The number of aromatic amines is 1. The molecule has 0 bridgehead atoms. The zero-order chi connectivity index (χ0) is 17.5. The van der Waals surface area contributed by atoms with Crippen molar-refractivity contribution in [2.24, 2.45) is 0 Å². The summed E-state index contributed by atoms with van der Waals surface area (Å²) < 4.78 is 0. The van der Waals surface area contributed by atoms with Gasteiger partial charge >= 0.3 is 6.03 Å². The molecule has 0 radical (unpaired) electrons. The molecule has 1 aromatic heterocycles. The van der Waals surface area contributed by atoms with Crippen molar-refractivity contribution in [1.82, 2.24) is 30.3 Å². The zero-order valence-corrected chi connectivity index (χ0v) is 14.7. The molecule has 2 amide bonds. The Balaban J connectivity index is 1.32. The molecule has 25 heavy (non-hydrogen) atoms. The molecule has 3 N–H and O–H groups in total. The van der Waals surface area contributed by atoms with Crippen molar-refractivity contribution in [1.29, 1.82) is 0 Å². The summed E-state index contributed by atoms with van der Waals surface area (Å²) in [5.74, 6) is 0.764. The van der Waals surface area contributed by atoms with E-state index in [1.54, 1.807) is 0 Å². The van der Waals surface area contributed by atoms with E-state index >= 15 is 0 Å². The first-order valence-electron chi connectivity index (χ1n) is 9.26. The zero-order valence-electron chi connectivity index (χ0n) is 14.7. The molecule has 2 saturated heterocycles. The summed E-state index contributed by atoms with van der Waals surface area (Å²) in [4.78, 5) is 22.7. The van der Waals surface area contributed by atoms with Crippen LogP contribution in [0.4, 0.5) is 10.7 Å². The number of aromatic nitrogens is 3. The highest BCUT2D eigenvalue weighted by Gasteiger charge is 2.23. The van der Waals surface area contributed by atoms with E-state index in [1.165, 1.54) is 19.2 Å². The Kier molecular flexibility index (Phi) is 6.46. The van der Waals surface area contributed by atoms with Crippen molar-refractivity contribution < 1.29 is 9.90 Å². The Morgan fingerprint density at radius 2 is 2.12 bits per heavy atom. The number of carbonyl (C=O) groups excluding carboxylic acids is 1. The average Bonchev–Trinajstić information content (AvgIpc) is 3.20. The van der Waals surface area contributed by atoms with Crippen LogP contribution in [0.3, 0.4) is 0 Å². The Bertz CT molecular complexity index is 517. The molecule has 0 spiro atoms. The number of carbonyl (C=O) groups is 1. The first-order valence-corrected chi connectivity index (χ1v) is 9.26. The van der Waals surface area contributed by atoms with Crippen LogP contribution in [0.25, 0.3) is 0 Å². The molecule has 3 rings (SSSR count). The van der Waals surface area contributed by atoms with Crippen LogP contribution in [-0.2, 0) is 0 Å². The monoisotopic (exact) mass is 351 g/mol. The molecular weight excluding hydrogens is 322 g/mol. The van der Waals surface area contributed by atoms with Gasteiger partial charge in [-0.05, 0) is 25.8 Å². The lowest BCUT2D eigenvalue weighted by Crippen LogP contribution is -2.52. The van der Waals surface area contributed by atoms with Gasteiger partial charge in [0.1, 0.15) is 6.33 Å². The molecule has 2 aliphatic heterocycles. The van der Waals surface area contributed by atoms with Crippen molar-refractivity contribution in [3.8, 4) is 0 Å². The van der Waals surface area contributed by atoms with Crippen LogP contribution in [0.2, 0.25) is 0 Å². The van der Waals surface area contributed by atoms with Gasteiger partial charge in [-0.3, -0.25) is 4.90 Å². The van der Waals surface area contributed by atoms with Crippen molar-refractivity contribution in [2.45, 2.75) is 31.7 Å². The van der Waals surface area contributed by atoms with Crippen molar-refractivity contribution >= 4 is 12.0 Å². The van der Waals surface area contributed by atoms with Crippen molar-refractivity contribution in [3.63, 3.8) is 0 Å². The number of hydrogen-bond acceptors (Lipinski definition) is 6. The predicted octanol–water partition coefficient (Wildman–Crippen LogP) is -0.127. The van der Waals surface area contributed by atoms with E-state index in [0.717, 1.165) is 45.0 Å². The van der Waals surface area contributed by atoms with Crippen molar-refractivity contribution in [2.75, 3.05) is 57.3 Å². The quantitative estimate of drug-likeness (QED) is 0.618. The third-order valence-electron chi connectivity index (χ3n) is 5.13. The molecule has 0 saturated carbocycles. The summed E-state index contributed by atoms with van der Waals surface area (Å²) in [7, 11) is 0. The van der Waals surface area contributed by atoms with Gasteiger partial charge in [0.15, 0.2) is 0 Å². The molecule has 0 unspecified atom stereocenters. The largest absolute Gasteiger partial charge is 0.395 e. The third-order valence-corrected chi connectivity index (χ3v) is 5.13. The summed E-state index contributed by atoms with van der Waals surface area (Å²) >= 11 is 0. The minimum absolute atomic E-state index is 0.00886. The van der Waals surface area contributed by atoms with Gasteiger partial charge in [-0.2, -0.15) is 10.1 Å². The highest BCUT2D eigenvalue weighted by Crippen LogP contribution is 2.16. The number of piperidine rings is 1. The van der Waals surface area contributed by atoms with Crippen molar-refractivity contribution in [3.05, 3.63) is 6.33 Å². The van der Waals surface area contributed by atoms with E-state index in [4.69, 9.17) is 0 Å². The summed E-state index contributed by atoms with van der Waals surface area (Å²) in [6.07, 6.45) is 5.91. The minimum Gasteiger partial charge on any atom is -0.395 e. The molecule has 1 aromatic rings. The maximum atomic E-state index is 12.3. The van der Waals surface area contributed by atoms with Crippen LogP contribution in [0.5, 0.6) is 0 Å². The lowest BCUT2D eigenvalue weighted by molar-refractivity contribution is 0.0892. The van der Waals surface area contributed by atoms with E-state index in [0.29, 0.717) is 25.7 Å². The van der Waals surface area contributed by atoms with E-state index in [9.17, 15) is 9.90 Å². The number of nitrogens with zero attached hydrogens (tertiary/aromatic N) is 5. The Labute approximate surface area is 148 Å². The van der Waals surface area contributed by atoms with Crippen LogP contribution < -0.4 is 10.2 Å². The molecule has 2 aliphatic rings. The van der Waals surface area contributed by atoms with Crippen LogP contribution in [0.1, 0.15) is 25.7 Å². The van der Waals surface area contributed by atoms with E-state index in [1.807, 2.05) is 4.90 Å². The van der Waals surface area contributed by atoms with Gasteiger partial charge in [0.2, 0.25) is 5.95 Å². The molecule has 140 valence electrons. The Hall–Kier alpha value is -1.87. The summed E-state index contributed by atoms with van der Waals surface area (Å²) in [5, 5.41) is 19.2. The number of aliphatic hydroxyl groups excluding tert-OH is 1. The van der Waals surface area contributed by atoms with Gasteiger partial charge in [0.05, 0.1) is 6.61 Å². The lowest BCUT2D eigenvalue weighted by Gasteiger charge is -2.35. The van der Waals surface area contributed by atoms with Gasteiger partial charge in [0, 0.05) is 45.3 Å². The summed E-state index contributed by atoms with van der Waals surface area (Å²) in [6.45, 7) is 5.80. The maximum absolute atomic E-state index is 12.3. The van der Waals surface area contributed by atoms with Crippen LogP contribution in [0, 0.1) is 0 Å². The number of hydrogen-bond donors (Lipinski definition) is 3. The fraction of sp³-hybridized carbons (Fsp3) is 0.812. The van der Waals surface area contributed by atoms with E-state index in [-0.39, 0.29) is 12.6 Å². The first kappa shape index (κ1) is 17.9. The maximum Gasteiger partial charge on any atom is 0.317 e. The third kappa shape index (κ3) is 4.82. The molecule has 1 atom stereocenters. The molecule has 2 fully saturated rings.